The molecule has 0 aromatic heterocycles. The van der Waals surface area contributed by atoms with E-state index in [1.165, 1.54) is 37.7 Å². The molecule has 1 amide bonds. The molecule has 1 aromatic rings. The zero-order valence-corrected chi connectivity index (χ0v) is 15.7. The van der Waals surface area contributed by atoms with Crippen LogP contribution in [0.25, 0.3) is 0 Å². The fraction of sp³-hybridized carbons (Fsp3) is 0.591. The molecule has 0 radical (unpaired) electrons. The molecule has 140 valence electrons. The average Bonchev–Trinajstić information content (AvgIpc) is 2.90. The third-order valence-corrected chi connectivity index (χ3v) is 6.43. The van der Waals surface area contributed by atoms with Crippen molar-refractivity contribution in [2.45, 2.75) is 57.1 Å². The first-order chi connectivity index (χ1) is 12.7. The molecule has 26 heavy (non-hydrogen) atoms. The summed E-state index contributed by atoms with van der Waals surface area (Å²) < 4.78 is 5.92. The Balaban J connectivity index is 1.36. The molecule has 1 spiro atoms. The number of carbonyl (C=O) groups is 1. The van der Waals surface area contributed by atoms with Crippen molar-refractivity contribution in [1.29, 1.82) is 0 Å². The smallest absolute Gasteiger partial charge is 0.415 e. The molecular weight excluding hydrogens is 324 g/mol. The summed E-state index contributed by atoms with van der Waals surface area (Å²) in [7, 11) is 0. The summed E-state index contributed by atoms with van der Waals surface area (Å²) >= 11 is 0. The first-order valence-corrected chi connectivity index (χ1v) is 10.1. The second-order valence-electron chi connectivity index (χ2n) is 8.19. The highest BCUT2D eigenvalue weighted by molar-refractivity contribution is 5.75. The number of rotatable bonds is 4. The Morgan fingerprint density at radius 3 is 2.46 bits per heavy atom. The van der Waals surface area contributed by atoms with Gasteiger partial charge in [-0.05, 0) is 24.3 Å². The molecule has 1 saturated carbocycles. The predicted octanol–water partition coefficient (Wildman–Crippen LogP) is 4.57. The molecule has 3 aliphatic rings. The molecule has 4 heteroatoms. The van der Waals surface area contributed by atoms with E-state index in [1.54, 1.807) is 0 Å². The predicted molar refractivity (Wildman–Crippen MR) is 103 cm³/mol. The van der Waals surface area contributed by atoms with Gasteiger partial charge in [0.1, 0.15) is 0 Å². The number of benzene rings is 1. The van der Waals surface area contributed by atoms with Crippen molar-refractivity contribution >= 4 is 6.09 Å². The molecule has 2 aliphatic heterocycles. The zero-order chi connectivity index (χ0) is 18.0. The summed E-state index contributed by atoms with van der Waals surface area (Å²) in [5.41, 5.74) is 1.79. The standard InChI is InChI=1S/C22H30N2O2/c1-18-22(26-21(25)24(18)17-20-10-6-3-7-11-20)12-14-23(15-13-22)16-19-8-4-2-5-9-19/h2,4-5,8-9,20H,1,3,6-7,10-17H2. The number of likely N-dealkylation sites (tertiary alicyclic amines) is 1. The number of amides is 1. The molecule has 2 heterocycles. The quantitative estimate of drug-likeness (QED) is 0.794. The van der Waals surface area contributed by atoms with Crippen molar-refractivity contribution in [2.24, 2.45) is 5.92 Å². The SMILES string of the molecule is C=C1N(CC2CCCCC2)C(=O)OC12CCN(Cc1ccccc1)CC2. The minimum absolute atomic E-state index is 0.169. The van der Waals surface area contributed by atoms with Crippen LogP contribution in [-0.4, -0.2) is 41.1 Å². The second kappa shape index (κ2) is 7.43. The van der Waals surface area contributed by atoms with Gasteiger partial charge < -0.3 is 4.74 Å². The van der Waals surface area contributed by atoms with Crippen LogP contribution in [0.5, 0.6) is 0 Å². The van der Waals surface area contributed by atoms with Crippen LogP contribution in [0, 0.1) is 5.92 Å². The summed E-state index contributed by atoms with van der Waals surface area (Å²) in [4.78, 5) is 16.8. The van der Waals surface area contributed by atoms with Gasteiger partial charge in [-0.15, -0.1) is 0 Å². The molecule has 0 atom stereocenters. The third kappa shape index (κ3) is 3.52. The normalized spacial score (nSPS) is 24.2. The lowest BCUT2D eigenvalue weighted by Crippen LogP contribution is -2.45. The Labute approximate surface area is 156 Å². The lowest BCUT2D eigenvalue weighted by Gasteiger charge is -2.38. The highest BCUT2D eigenvalue weighted by atomic mass is 16.6. The largest absolute Gasteiger partial charge is 0.436 e. The summed E-state index contributed by atoms with van der Waals surface area (Å²) in [6.07, 6.45) is 7.92. The van der Waals surface area contributed by atoms with Crippen LogP contribution in [0.1, 0.15) is 50.5 Å². The maximum atomic E-state index is 12.5. The Morgan fingerprint density at radius 1 is 1.08 bits per heavy atom. The van der Waals surface area contributed by atoms with Gasteiger partial charge in [-0.25, -0.2) is 4.79 Å². The Kier molecular flexibility index (Phi) is 5.03. The Hall–Kier alpha value is -1.81. The maximum absolute atomic E-state index is 12.5. The van der Waals surface area contributed by atoms with Gasteiger partial charge in [0.15, 0.2) is 5.60 Å². The minimum Gasteiger partial charge on any atom is -0.436 e. The summed E-state index contributed by atoms with van der Waals surface area (Å²) in [5.74, 6) is 0.612. The molecule has 2 saturated heterocycles. The summed E-state index contributed by atoms with van der Waals surface area (Å²) in [6.45, 7) is 7.95. The van der Waals surface area contributed by atoms with E-state index in [1.807, 2.05) is 4.90 Å². The van der Waals surface area contributed by atoms with E-state index in [4.69, 9.17) is 4.74 Å². The van der Waals surface area contributed by atoms with Crippen molar-refractivity contribution in [3.8, 4) is 0 Å². The number of ether oxygens (including phenoxy) is 1. The maximum Gasteiger partial charge on any atom is 0.415 e. The van der Waals surface area contributed by atoms with E-state index < -0.39 is 5.60 Å². The van der Waals surface area contributed by atoms with Crippen molar-refractivity contribution < 1.29 is 9.53 Å². The van der Waals surface area contributed by atoms with E-state index in [0.717, 1.165) is 44.7 Å². The molecule has 3 fully saturated rings. The Bertz CT molecular complexity index is 643. The fourth-order valence-corrected chi connectivity index (χ4v) is 4.75. The van der Waals surface area contributed by atoms with Crippen LogP contribution >= 0.6 is 0 Å². The van der Waals surface area contributed by atoms with Gasteiger partial charge in [0.2, 0.25) is 0 Å². The fourth-order valence-electron chi connectivity index (χ4n) is 4.75. The molecule has 0 N–H and O–H groups in total. The number of piperidine rings is 1. The molecule has 1 aromatic carbocycles. The van der Waals surface area contributed by atoms with E-state index in [2.05, 4.69) is 41.8 Å². The van der Waals surface area contributed by atoms with Crippen molar-refractivity contribution in [3.63, 3.8) is 0 Å². The number of hydrogen-bond donors (Lipinski definition) is 0. The highest BCUT2D eigenvalue weighted by Crippen LogP contribution is 2.41. The second-order valence-corrected chi connectivity index (χ2v) is 8.19. The minimum atomic E-state index is -0.459. The van der Waals surface area contributed by atoms with E-state index >= 15 is 0 Å². The van der Waals surface area contributed by atoms with Gasteiger partial charge in [0.05, 0.1) is 5.70 Å². The van der Waals surface area contributed by atoms with Crippen LogP contribution in [0.3, 0.4) is 0 Å². The molecule has 1 aliphatic carbocycles. The molecule has 0 unspecified atom stereocenters. The molecular formula is C22H30N2O2. The lowest BCUT2D eigenvalue weighted by atomic mass is 9.86. The summed E-state index contributed by atoms with van der Waals surface area (Å²) in [6, 6.07) is 10.6. The van der Waals surface area contributed by atoms with Gasteiger partial charge >= 0.3 is 6.09 Å². The van der Waals surface area contributed by atoms with Crippen LogP contribution in [-0.2, 0) is 11.3 Å². The average molecular weight is 354 g/mol. The highest BCUT2D eigenvalue weighted by Gasteiger charge is 2.50. The number of nitrogens with zero attached hydrogens (tertiary/aromatic N) is 2. The van der Waals surface area contributed by atoms with Gasteiger partial charge in [0.25, 0.3) is 0 Å². The van der Waals surface area contributed by atoms with E-state index in [0.29, 0.717) is 5.92 Å². The first-order valence-electron chi connectivity index (χ1n) is 10.1. The van der Waals surface area contributed by atoms with Crippen LogP contribution in [0.15, 0.2) is 42.6 Å². The molecule has 4 rings (SSSR count). The van der Waals surface area contributed by atoms with Crippen molar-refractivity contribution in [1.82, 2.24) is 9.80 Å². The zero-order valence-electron chi connectivity index (χ0n) is 15.7. The van der Waals surface area contributed by atoms with Crippen LogP contribution in [0.4, 0.5) is 4.79 Å². The van der Waals surface area contributed by atoms with E-state index in [9.17, 15) is 4.79 Å². The van der Waals surface area contributed by atoms with Crippen LogP contribution < -0.4 is 0 Å². The number of hydrogen-bond acceptors (Lipinski definition) is 3. The molecule has 4 nitrogen and oxygen atoms in total. The van der Waals surface area contributed by atoms with Crippen LogP contribution in [0.2, 0.25) is 0 Å². The van der Waals surface area contributed by atoms with Gasteiger partial charge in [-0.3, -0.25) is 9.80 Å². The molecule has 0 bridgehead atoms. The van der Waals surface area contributed by atoms with Gasteiger partial charge in [0, 0.05) is 39.0 Å². The monoisotopic (exact) mass is 354 g/mol. The van der Waals surface area contributed by atoms with Gasteiger partial charge in [-0.1, -0.05) is 56.2 Å². The number of carbonyl (C=O) groups excluding carboxylic acids is 1. The first kappa shape index (κ1) is 17.6. The van der Waals surface area contributed by atoms with Crippen molar-refractivity contribution in [2.75, 3.05) is 19.6 Å². The summed E-state index contributed by atoms with van der Waals surface area (Å²) in [5, 5.41) is 0. The third-order valence-electron chi connectivity index (χ3n) is 6.43. The van der Waals surface area contributed by atoms with Gasteiger partial charge in [-0.2, -0.15) is 0 Å². The lowest BCUT2D eigenvalue weighted by molar-refractivity contribution is 0.0127. The Morgan fingerprint density at radius 2 is 1.77 bits per heavy atom. The topological polar surface area (TPSA) is 32.8 Å². The van der Waals surface area contributed by atoms with E-state index in [-0.39, 0.29) is 6.09 Å². The van der Waals surface area contributed by atoms with Crippen molar-refractivity contribution in [3.05, 3.63) is 48.2 Å².